The summed E-state index contributed by atoms with van der Waals surface area (Å²) in [7, 11) is 0. The maximum absolute atomic E-state index is 12.2. The summed E-state index contributed by atoms with van der Waals surface area (Å²) in [5.74, 6) is 0. The predicted octanol–water partition coefficient (Wildman–Crippen LogP) is 3.78. The highest BCUT2D eigenvalue weighted by molar-refractivity contribution is 7.98. The maximum Gasteiger partial charge on any atom is 0.258 e. The average Bonchev–Trinajstić information content (AvgIpc) is 2.63. The zero-order valence-electron chi connectivity index (χ0n) is 13.1. The van der Waals surface area contributed by atoms with Crippen molar-refractivity contribution >= 4 is 33.4 Å². The minimum absolute atomic E-state index is 0.108. The highest BCUT2D eigenvalue weighted by Crippen LogP contribution is 2.27. The molecule has 4 aromatic rings. The fraction of sp³-hybridized carbons (Fsp3) is 0.105. The van der Waals surface area contributed by atoms with Crippen molar-refractivity contribution in [2.24, 2.45) is 0 Å². The van der Waals surface area contributed by atoms with E-state index in [1.54, 1.807) is 11.8 Å². The maximum atomic E-state index is 12.2. The Balaban J connectivity index is 1.92. The molecular formula is C19H15N3OS. The summed E-state index contributed by atoms with van der Waals surface area (Å²) in [4.78, 5) is 23.7. The Morgan fingerprint density at radius 1 is 1.04 bits per heavy atom. The second-order valence-electron chi connectivity index (χ2n) is 5.59. The van der Waals surface area contributed by atoms with Gasteiger partial charge >= 0.3 is 0 Å². The molecule has 0 aliphatic rings. The van der Waals surface area contributed by atoms with Crippen molar-refractivity contribution in [3.63, 3.8) is 0 Å². The third kappa shape index (κ3) is 2.57. The first-order valence-electron chi connectivity index (χ1n) is 7.63. The predicted molar refractivity (Wildman–Crippen MR) is 98.7 cm³/mol. The van der Waals surface area contributed by atoms with Crippen molar-refractivity contribution in [2.45, 2.75) is 11.4 Å². The molecule has 0 radical (unpaired) electrons. The van der Waals surface area contributed by atoms with Crippen LogP contribution in [-0.4, -0.2) is 21.2 Å². The van der Waals surface area contributed by atoms with Gasteiger partial charge in [-0.05, 0) is 41.3 Å². The molecule has 0 bridgehead atoms. The van der Waals surface area contributed by atoms with Gasteiger partial charge in [0.15, 0.2) is 0 Å². The molecule has 0 spiro atoms. The molecule has 1 N–H and O–H groups in total. The number of aromatic amines is 1. The number of aromatic nitrogens is 3. The molecule has 2 aromatic heterocycles. The first-order chi connectivity index (χ1) is 11.8. The summed E-state index contributed by atoms with van der Waals surface area (Å²) in [5, 5.41) is 3.75. The van der Waals surface area contributed by atoms with Gasteiger partial charge in [-0.3, -0.25) is 4.79 Å². The SMILES string of the molecule is CSc1ccc(Cc2cc3c(=O)[nH]cnc3c3ccccc23)cn1. The Labute approximate surface area is 143 Å². The number of fused-ring (bicyclic) bond motifs is 3. The Morgan fingerprint density at radius 3 is 2.62 bits per heavy atom. The van der Waals surface area contributed by atoms with Gasteiger partial charge in [0, 0.05) is 11.6 Å². The van der Waals surface area contributed by atoms with Crippen molar-refractivity contribution in [3.05, 3.63) is 76.5 Å². The van der Waals surface area contributed by atoms with E-state index < -0.39 is 0 Å². The molecule has 5 heteroatoms. The normalized spacial score (nSPS) is 11.2. The van der Waals surface area contributed by atoms with E-state index >= 15 is 0 Å². The second kappa shape index (κ2) is 6.09. The standard InChI is InChI=1S/C19H15N3OS/c1-24-17-7-6-12(10-20-17)8-13-9-16-18(21-11-22-19(16)23)15-5-3-2-4-14(13)15/h2-7,9-11H,8H2,1H3,(H,21,22,23). The van der Waals surface area contributed by atoms with Gasteiger partial charge in [-0.2, -0.15) is 0 Å². The molecule has 118 valence electrons. The number of nitrogens with one attached hydrogen (secondary N) is 1. The van der Waals surface area contributed by atoms with E-state index in [2.05, 4.69) is 27.1 Å². The minimum Gasteiger partial charge on any atom is -0.313 e. The Bertz CT molecular complexity index is 1090. The van der Waals surface area contributed by atoms with Crippen LogP contribution in [0, 0.1) is 0 Å². The number of pyridine rings is 1. The van der Waals surface area contributed by atoms with Gasteiger partial charge in [-0.25, -0.2) is 9.97 Å². The van der Waals surface area contributed by atoms with E-state index in [1.165, 1.54) is 6.33 Å². The molecule has 4 nitrogen and oxygen atoms in total. The molecule has 0 aliphatic heterocycles. The van der Waals surface area contributed by atoms with Crippen molar-refractivity contribution in [3.8, 4) is 0 Å². The Kier molecular flexibility index (Phi) is 3.78. The molecule has 0 amide bonds. The first-order valence-corrected chi connectivity index (χ1v) is 8.85. The summed E-state index contributed by atoms with van der Waals surface area (Å²) in [6.07, 6.45) is 6.10. The summed E-state index contributed by atoms with van der Waals surface area (Å²) < 4.78 is 0. The van der Waals surface area contributed by atoms with Crippen LogP contribution in [0.3, 0.4) is 0 Å². The van der Waals surface area contributed by atoms with Gasteiger partial charge in [0.25, 0.3) is 5.56 Å². The lowest BCUT2D eigenvalue weighted by molar-refractivity contribution is 1.07. The molecule has 0 fully saturated rings. The summed E-state index contributed by atoms with van der Waals surface area (Å²) in [5.41, 5.74) is 2.87. The Hall–Kier alpha value is -2.66. The zero-order valence-corrected chi connectivity index (χ0v) is 13.9. The quantitative estimate of drug-likeness (QED) is 0.458. The topological polar surface area (TPSA) is 58.6 Å². The number of H-pyrrole nitrogens is 1. The Morgan fingerprint density at radius 2 is 1.88 bits per heavy atom. The third-order valence-corrected chi connectivity index (χ3v) is 4.80. The monoisotopic (exact) mass is 333 g/mol. The lowest BCUT2D eigenvalue weighted by Gasteiger charge is -2.10. The van der Waals surface area contributed by atoms with Crippen LogP contribution in [0.4, 0.5) is 0 Å². The lowest BCUT2D eigenvalue weighted by Crippen LogP contribution is -2.07. The largest absolute Gasteiger partial charge is 0.313 e. The average molecular weight is 333 g/mol. The van der Waals surface area contributed by atoms with E-state index in [9.17, 15) is 4.79 Å². The number of hydrogen-bond acceptors (Lipinski definition) is 4. The number of benzene rings is 2. The molecule has 2 heterocycles. The van der Waals surface area contributed by atoms with Gasteiger partial charge in [-0.1, -0.05) is 30.3 Å². The zero-order chi connectivity index (χ0) is 16.5. The van der Waals surface area contributed by atoms with Crippen LogP contribution in [-0.2, 0) is 6.42 Å². The van der Waals surface area contributed by atoms with Crippen LogP contribution in [0.25, 0.3) is 21.7 Å². The lowest BCUT2D eigenvalue weighted by atomic mass is 9.96. The van der Waals surface area contributed by atoms with E-state index in [4.69, 9.17) is 0 Å². The smallest absolute Gasteiger partial charge is 0.258 e. The van der Waals surface area contributed by atoms with Gasteiger partial charge in [0.2, 0.25) is 0 Å². The fourth-order valence-corrected chi connectivity index (χ4v) is 3.35. The number of hydrogen-bond donors (Lipinski definition) is 1. The van der Waals surface area contributed by atoms with Gasteiger partial charge in [0.1, 0.15) is 0 Å². The minimum atomic E-state index is -0.108. The number of rotatable bonds is 3. The fourth-order valence-electron chi connectivity index (χ4n) is 2.98. The van der Waals surface area contributed by atoms with Crippen molar-refractivity contribution < 1.29 is 0 Å². The van der Waals surface area contributed by atoms with Crippen LogP contribution >= 0.6 is 11.8 Å². The molecular weight excluding hydrogens is 318 g/mol. The third-order valence-electron chi connectivity index (χ3n) is 4.14. The van der Waals surface area contributed by atoms with E-state index in [-0.39, 0.29) is 5.56 Å². The summed E-state index contributed by atoms with van der Waals surface area (Å²) in [6, 6.07) is 14.2. The van der Waals surface area contributed by atoms with Crippen LogP contribution < -0.4 is 5.56 Å². The van der Waals surface area contributed by atoms with E-state index in [0.29, 0.717) is 5.39 Å². The first kappa shape index (κ1) is 14.9. The summed E-state index contributed by atoms with van der Waals surface area (Å²) >= 11 is 1.63. The van der Waals surface area contributed by atoms with Crippen LogP contribution in [0.15, 0.2) is 64.8 Å². The van der Waals surface area contributed by atoms with Crippen molar-refractivity contribution in [1.82, 2.24) is 15.0 Å². The molecule has 0 aliphatic carbocycles. The molecule has 0 atom stereocenters. The molecule has 0 saturated carbocycles. The molecule has 2 aromatic carbocycles. The highest BCUT2D eigenvalue weighted by Gasteiger charge is 2.10. The van der Waals surface area contributed by atoms with Crippen LogP contribution in [0.5, 0.6) is 0 Å². The number of nitrogens with zero attached hydrogens (tertiary/aromatic N) is 2. The number of thioether (sulfide) groups is 1. The molecule has 0 unspecified atom stereocenters. The van der Waals surface area contributed by atoms with E-state index in [1.807, 2.05) is 42.8 Å². The van der Waals surface area contributed by atoms with Gasteiger partial charge in [-0.15, -0.1) is 11.8 Å². The van der Waals surface area contributed by atoms with Crippen molar-refractivity contribution in [1.29, 1.82) is 0 Å². The van der Waals surface area contributed by atoms with Crippen LogP contribution in [0.1, 0.15) is 11.1 Å². The van der Waals surface area contributed by atoms with E-state index in [0.717, 1.165) is 38.9 Å². The van der Waals surface area contributed by atoms with Crippen LogP contribution in [0.2, 0.25) is 0 Å². The summed E-state index contributed by atoms with van der Waals surface area (Å²) in [6.45, 7) is 0. The molecule has 4 rings (SSSR count). The van der Waals surface area contributed by atoms with Crippen molar-refractivity contribution in [2.75, 3.05) is 6.26 Å². The highest BCUT2D eigenvalue weighted by atomic mass is 32.2. The second-order valence-corrected chi connectivity index (χ2v) is 6.42. The van der Waals surface area contributed by atoms with Gasteiger partial charge < -0.3 is 4.98 Å². The van der Waals surface area contributed by atoms with Gasteiger partial charge in [0.05, 0.1) is 22.3 Å². The molecule has 0 saturated heterocycles. The molecule has 24 heavy (non-hydrogen) atoms.